The van der Waals surface area contributed by atoms with Crippen LogP contribution in [-0.2, 0) is 14.3 Å². The minimum absolute atomic E-state index is 0.0413. The standard InChI is InChI=1S/C27H28N2O5/c30-24(31)21-14-16-10-11-23(21)29(16)25(32)27(12-5-13-27)28-26(33)34-15-22-19-8-3-1-6-17(19)18-7-2-4-9-20(18)22/h1-4,6-9,16,21-23H,5,10-15H2,(H,28,33)(H,30,31)/t16-,21+,23+/m1/s1. The first-order valence-electron chi connectivity index (χ1n) is 12.2. The molecule has 34 heavy (non-hydrogen) atoms. The SMILES string of the molecule is O=C(NC1(C(=O)N2[C@@H]3CC[C@H]2[C@@H](C(=O)O)C3)CCC1)OCC1c2ccccc2-c2ccccc21. The molecular weight excluding hydrogens is 432 g/mol. The second-order valence-corrected chi connectivity index (χ2v) is 10.1. The highest BCUT2D eigenvalue weighted by atomic mass is 16.5. The van der Waals surface area contributed by atoms with Gasteiger partial charge >= 0.3 is 12.1 Å². The molecule has 0 aromatic heterocycles. The fourth-order valence-corrected chi connectivity index (χ4v) is 6.57. The van der Waals surface area contributed by atoms with Gasteiger partial charge in [-0.15, -0.1) is 0 Å². The van der Waals surface area contributed by atoms with Gasteiger partial charge in [-0.3, -0.25) is 9.59 Å². The number of ether oxygens (including phenoxy) is 1. The topological polar surface area (TPSA) is 95.9 Å². The lowest BCUT2D eigenvalue weighted by Crippen LogP contribution is -2.64. The number of rotatable bonds is 5. The number of alkyl carbamates (subject to hydrolysis) is 1. The molecule has 2 bridgehead atoms. The van der Waals surface area contributed by atoms with E-state index in [1.807, 2.05) is 24.3 Å². The maximum absolute atomic E-state index is 13.6. The summed E-state index contributed by atoms with van der Waals surface area (Å²) >= 11 is 0. The van der Waals surface area contributed by atoms with Crippen molar-refractivity contribution >= 4 is 18.0 Å². The molecule has 7 nitrogen and oxygen atoms in total. The van der Waals surface area contributed by atoms with E-state index in [2.05, 4.69) is 29.6 Å². The van der Waals surface area contributed by atoms with Crippen LogP contribution in [-0.4, -0.2) is 52.2 Å². The molecule has 176 valence electrons. The lowest BCUT2D eigenvalue weighted by atomic mass is 9.75. The number of nitrogens with one attached hydrogen (secondary N) is 1. The van der Waals surface area contributed by atoms with E-state index in [1.165, 1.54) is 0 Å². The zero-order chi connectivity index (χ0) is 23.4. The average Bonchev–Trinajstić information content (AvgIpc) is 3.49. The summed E-state index contributed by atoms with van der Waals surface area (Å²) in [6, 6.07) is 16.0. The number of amides is 2. The molecule has 2 N–H and O–H groups in total. The molecule has 2 aliphatic carbocycles. The molecule has 2 amide bonds. The summed E-state index contributed by atoms with van der Waals surface area (Å²) in [5, 5.41) is 12.4. The molecule has 2 aromatic rings. The van der Waals surface area contributed by atoms with Gasteiger partial charge in [-0.05, 0) is 60.8 Å². The second-order valence-electron chi connectivity index (χ2n) is 10.1. The second kappa shape index (κ2) is 7.86. The molecule has 2 saturated heterocycles. The van der Waals surface area contributed by atoms with Gasteiger partial charge in [-0.2, -0.15) is 0 Å². The van der Waals surface area contributed by atoms with Crippen LogP contribution in [0, 0.1) is 5.92 Å². The third kappa shape index (κ3) is 3.13. The maximum Gasteiger partial charge on any atom is 0.408 e. The van der Waals surface area contributed by atoms with E-state index < -0.39 is 23.5 Å². The minimum Gasteiger partial charge on any atom is -0.481 e. The largest absolute Gasteiger partial charge is 0.481 e. The third-order valence-corrected chi connectivity index (χ3v) is 8.39. The van der Waals surface area contributed by atoms with Crippen molar-refractivity contribution in [1.82, 2.24) is 10.2 Å². The number of nitrogens with zero attached hydrogens (tertiary/aromatic N) is 1. The molecule has 2 aliphatic heterocycles. The van der Waals surface area contributed by atoms with Crippen LogP contribution in [0.2, 0.25) is 0 Å². The van der Waals surface area contributed by atoms with E-state index in [0.717, 1.165) is 35.1 Å². The van der Waals surface area contributed by atoms with Crippen molar-refractivity contribution in [1.29, 1.82) is 0 Å². The smallest absolute Gasteiger partial charge is 0.408 e. The molecule has 0 unspecified atom stereocenters. The van der Waals surface area contributed by atoms with Crippen molar-refractivity contribution in [2.75, 3.05) is 6.61 Å². The predicted octanol–water partition coefficient (Wildman–Crippen LogP) is 3.91. The van der Waals surface area contributed by atoms with Crippen molar-refractivity contribution < 1.29 is 24.2 Å². The van der Waals surface area contributed by atoms with Gasteiger partial charge < -0.3 is 20.1 Å². The minimum atomic E-state index is -0.975. The lowest BCUT2D eigenvalue weighted by molar-refractivity contribution is -0.146. The number of fused-ring (bicyclic) bond motifs is 5. The van der Waals surface area contributed by atoms with Crippen LogP contribution in [0.25, 0.3) is 11.1 Å². The van der Waals surface area contributed by atoms with E-state index in [0.29, 0.717) is 25.7 Å². The number of carboxylic acids is 1. The molecular formula is C27H28N2O5. The van der Waals surface area contributed by atoms with Gasteiger partial charge in [0.05, 0.1) is 5.92 Å². The highest BCUT2D eigenvalue weighted by molar-refractivity contribution is 5.92. The first-order valence-corrected chi connectivity index (χ1v) is 12.2. The summed E-state index contributed by atoms with van der Waals surface area (Å²) in [5.74, 6) is -1.52. The van der Waals surface area contributed by atoms with E-state index in [1.54, 1.807) is 4.90 Å². The van der Waals surface area contributed by atoms with E-state index in [-0.39, 0.29) is 30.5 Å². The average molecular weight is 461 g/mol. The van der Waals surface area contributed by atoms with E-state index >= 15 is 0 Å². The maximum atomic E-state index is 13.6. The number of carbonyl (C=O) groups is 3. The van der Waals surface area contributed by atoms with Crippen LogP contribution in [0.1, 0.15) is 55.6 Å². The van der Waals surface area contributed by atoms with Crippen molar-refractivity contribution in [2.45, 2.75) is 62.1 Å². The van der Waals surface area contributed by atoms with Crippen LogP contribution < -0.4 is 5.32 Å². The van der Waals surface area contributed by atoms with Crippen molar-refractivity contribution in [3.8, 4) is 11.1 Å². The number of benzene rings is 2. The number of aliphatic carboxylic acids is 1. The first-order chi connectivity index (χ1) is 16.5. The Hall–Kier alpha value is -3.35. The zero-order valence-corrected chi connectivity index (χ0v) is 18.9. The van der Waals surface area contributed by atoms with Crippen LogP contribution >= 0.6 is 0 Å². The highest BCUT2D eigenvalue weighted by Crippen LogP contribution is 2.46. The fraction of sp³-hybridized carbons (Fsp3) is 0.444. The van der Waals surface area contributed by atoms with Gasteiger partial charge in [-0.25, -0.2) is 4.79 Å². The summed E-state index contributed by atoms with van der Waals surface area (Å²) in [6.07, 6.45) is 3.44. The van der Waals surface area contributed by atoms with Crippen molar-refractivity contribution in [3.05, 3.63) is 59.7 Å². The number of carboxylic acid groups (broad SMARTS) is 1. The van der Waals surface area contributed by atoms with Gasteiger partial charge in [0.2, 0.25) is 5.91 Å². The Morgan fingerprint density at radius 2 is 1.65 bits per heavy atom. The predicted molar refractivity (Wildman–Crippen MR) is 124 cm³/mol. The van der Waals surface area contributed by atoms with Crippen LogP contribution in [0.4, 0.5) is 4.79 Å². The molecule has 3 fully saturated rings. The molecule has 2 heterocycles. The van der Waals surface area contributed by atoms with Gasteiger partial charge in [0.15, 0.2) is 0 Å². The normalized spacial score (nSPS) is 25.9. The molecule has 4 aliphatic rings. The summed E-state index contributed by atoms with van der Waals surface area (Å²) in [6.45, 7) is 0.195. The molecule has 1 saturated carbocycles. The highest BCUT2D eigenvalue weighted by Gasteiger charge is 2.57. The molecule has 0 radical (unpaired) electrons. The quantitative estimate of drug-likeness (QED) is 0.705. The van der Waals surface area contributed by atoms with Crippen LogP contribution in [0.3, 0.4) is 0 Å². The van der Waals surface area contributed by atoms with E-state index in [4.69, 9.17) is 4.74 Å². The van der Waals surface area contributed by atoms with E-state index in [9.17, 15) is 19.5 Å². The van der Waals surface area contributed by atoms with Gasteiger partial charge in [0.1, 0.15) is 12.1 Å². The van der Waals surface area contributed by atoms with Gasteiger partial charge in [-0.1, -0.05) is 48.5 Å². The molecule has 6 rings (SSSR count). The molecule has 2 aromatic carbocycles. The van der Waals surface area contributed by atoms with Gasteiger partial charge in [0, 0.05) is 18.0 Å². The van der Waals surface area contributed by atoms with Crippen LogP contribution in [0.5, 0.6) is 0 Å². The monoisotopic (exact) mass is 460 g/mol. The number of hydrogen-bond donors (Lipinski definition) is 2. The molecule has 7 heteroatoms. The molecule has 0 spiro atoms. The summed E-state index contributed by atoms with van der Waals surface area (Å²) in [4.78, 5) is 39.9. The Bertz CT molecular complexity index is 1130. The Balaban J connectivity index is 1.15. The van der Waals surface area contributed by atoms with Crippen LogP contribution in [0.15, 0.2) is 48.5 Å². The lowest BCUT2D eigenvalue weighted by Gasteiger charge is -2.44. The summed E-state index contributed by atoms with van der Waals surface area (Å²) < 4.78 is 5.70. The summed E-state index contributed by atoms with van der Waals surface area (Å²) in [7, 11) is 0. The summed E-state index contributed by atoms with van der Waals surface area (Å²) in [5.41, 5.74) is 3.63. The number of carbonyl (C=O) groups excluding carboxylic acids is 2. The number of hydrogen-bond acceptors (Lipinski definition) is 4. The Morgan fingerprint density at radius 1 is 1.00 bits per heavy atom. The van der Waals surface area contributed by atoms with Crippen molar-refractivity contribution in [2.24, 2.45) is 5.92 Å². The molecule has 3 atom stereocenters. The Labute approximate surface area is 198 Å². The van der Waals surface area contributed by atoms with Crippen molar-refractivity contribution in [3.63, 3.8) is 0 Å². The fourth-order valence-electron chi connectivity index (χ4n) is 6.57. The Morgan fingerprint density at radius 3 is 2.21 bits per heavy atom. The first kappa shape index (κ1) is 21.2. The van der Waals surface area contributed by atoms with Gasteiger partial charge in [0.25, 0.3) is 0 Å². The zero-order valence-electron chi connectivity index (χ0n) is 18.9. The Kier molecular flexibility index (Phi) is 4.90. The third-order valence-electron chi connectivity index (χ3n) is 8.39.